The summed E-state index contributed by atoms with van der Waals surface area (Å²) >= 11 is 3.39. The summed E-state index contributed by atoms with van der Waals surface area (Å²) in [4.78, 5) is 39.0. The number of hydrogen-bond acceptors (Lipinski definition) is 13. The lowest BCUT2D eigenvalue weighted by Gasteiger charge is -2.36. The lowest BCUT2D eigenvalue weighted by Crippen LogP contribution is -2.50. The van der Waals surface area contributed by atoms with Crippen molar-refractivity contribution in [2.45, 2.75) is 60.0 Å². The van der Waals surface area contributed by atoms with E-state index in [1.165, 1.54) is 0 Å². The van der Waals surface area contributed by atoms with Crippen LogP contribution in [-0.2, 0) is 30.9 Å². The Labute approximate surface area is 392 Å². The summed E-state index contributed by atoms with van der Waals surface area (Å²) in [7, 11) is 6.66. The number of methoxy groups -OCH3 is 4. The summed E-state index contributed by atoms with van der Waals surface area (Å²) in [5, 5.41) is 0. The van der Waals surface area contributed by atoms with Crippen LogP contribution in [0.15, 0.2) is 126 Å². The monoisotopic (exact) mass is 948 g/mol. The zero-order chi connectivity index (χ0) is 45.5. The van der Waals surface area contributed by atoms with Gasteiger partial charge in [0.05, 0.1) is 51.0 Å². The van der Waals surface area contributed by atoms with E-state index in [0.717, 1.165) is 55.4 Å². The number of piperazine rings is 1. The van der Waals surface area contributed by atoms with E-state index in [2.05, 4.69) is 89.1 Å². The van der Waals surface area contributed by atoms with Gasteiger partial charge in [0, 0.05) is 64.8 Å². The standard InChI is InChI=1S/C29H37N5O4.C20H20BrN3O2.CH4/c1-29(2,3)38-28(35)33-16-14-32(15-17-33)24-18-30-27(31-19-24)34(20-22-6-10-25(36-4)11-7-22)21-23-8-12-26(37-5)13-9-23;1-25-18-7-3-15(4-8-18)13-24(20-22-11-17(21)12-23-20)14-16-5-9-19(26-2)10-6-16;/h6-13,18-19H,14-17,20-21H2,1-5H3;3-12H,13-14H2,1-2H3;1H4. The minimum Gasteiger partial charge on any atom is -0.497 e. The van der Waals surface area contributed by atoms with Crippen molar-refractivity contribution in [2.75, 3.05) is 69.3 Å². The average Bonchev–Trinajstić information content (AvgIpc) is 3.32. The topological polar surface area (TPSA) is 128 Å². The highest BCUT2D eigenvalue weighted by molar-refractivity contribution is 9.10. The summed E-state index contributed by atoms with van der Waals surface area (Å²) < 4.78 is 27.4. The molecule has 1 amide bonds. The van der Waals surface area contributed by atoms with Gasteiger partial charge in [0.1, 0.15) is 28.6 Å². The van der Waals surface area contributed by atoms with E-state index in [4.69, 9.17) is 33.7 Å². The molecule has 0 bridgehead atoms. The number of aromatic nitrogens is 4. The maximum absolute atomic E-state index is 12.4. The number of hydrogen-bond donors (Lipinski definition) is 0. The van der Waals surface area contributed by atoms with Gasteiger partial charge < -0.3 is 43.3 Å². The van der Waals surface area contributed by atoms with E-state index >= 15 is 0 Å². The van der Waals surface area contributed by atoms with E-state index in [1.54, 1.807) is 45.7 Å². The Morgan fingerprint density at radius 1 is 0.538 bits per heavy atom. The maximum atomic E-state index is 12.4. The van der Waals surface area contributed by atoms with Gasteiger partial charge in [0.2, 0.25) is 11.9 Å². The Bertz CT molecular complexity index is 2220. The van der Waals surface area contributed by atoms with Crippen molar-refractivity contribution in [3.05, 3.63) is 149 Å². The van der Waals surface area contributed by atoms with Crippen LogP contribution in [0.5, 0.6) is 23.0 Å². The van der Waals surface area contributed by atoms with Crippen LogP contribution in [0.1, 0.15) is 50.5 Å². The van der Waals surface area contributed by atoms with Crippen LogP contribution >= 0.6 is 15.9 Å². The van der Waals surface area contributed by atoms with Crippen molar-refractivity contribution >= 4 is 39.6 Å². The minimum atomic E-state index is -0.499. The van der Waals surface area contributed by atoms with E-state index < -0.39 is 5.60 Å². The number of halogens is 1. The molecule has 0 spiro atoms. The average molecular weight is 950 g/mol. The molecule has 344 valence electrons. The van der Waals surface area contributed by atoms with Gasteiger partial charge in [-0.15, -0.1) is 0 Å². The third kappa shape index (κ3) is 15.0. The second-order valence-electron chi connectivity index (χ2n) is 16.0. The first-order valence-electron chi connectivity index (χ1n) is 21.0. The molecule has 1 fully saturated rings. The molecule has 0 aliphatic carbocycles. The lowest BCUT2D eigenvalue weighted by atomic mass is 10.1. The summed E-state index contributed by atoms with van der Waals surface area (Å²) in [5.74, 6) is 4.66. The quantitative estimate of drug-likeness (QED) is 0.0970. The molecule has 3 heterocycles. The molecule has 1 aliphatic rings. The van der Waals surface area contributed by atoms with Crippen LogP contribution in [0.3, 0.4) is 0 Å². The number of amides is 1. The highest BCUT2D eigenvalue weighted by Crippen LogP contribution is 2.24. The number of anilines is 3. The minimum absolute atomic E-state index is 0. The fourth-order valence-electron chi connectivity index (χ4n) is 6.78. The molecule has 1 aliphatic heterocycles. The number of carbonyl (C=O) groups excluding carboxylic acids is 1. The summed E-state index contributed by atoms with van der Waals surface area (Å²) in [6, 6.07) is 32.1. The SMILES string of the molecule is C.COc1ccc(CN(Cc2ccc(OC)cc2)c2ncc(Br)cn2)cc1.COc1ccc(CN(Cc2ccc(OC)cc2)c2ncc(N3CCN(C(=O)OC(C)(C)C)CC3)cn2)cc1. The van der Waals surface area contributed by atoms with Gasteiger partial charge in [-0.25, -0.2) is 24.7 Å². The number of carbonyl (C=O) groups is 1. The fourth-order valence-corrected chi connectivity index (χ4v) is 6.99. The predicted octanol–water partition coefficient (Wildman–Crippen LogP) is 9.86. The number of nitrogens with zero attached hydrogens (tertiary/aromatic N) is 8. The van der Waals surface area contributed by atoms with Crippen molar-refractivity contribution in [1.82, 2.24) is 24.8 Å². The van der Waals surface area contributed by atoms with Gasteiger partial charge >= 0.3 is 6.09 Å². The van der Waals surface area contributed by atoms with Gasteiger partial charge in [-0.2, -0.15) is 0 Å². The normalized spacial score (nSPS) is 12.2. The zero-order valence-corrected chi connectivity index (χ0v) is 39.2. The van der Waals surface area contributed by atoms with Crippen molar-refractivity contribution in [3.63, 3.8) is 0 Å². The molecule has 0 radical (unpaired) electrons. The Morgan fingerprint density at radius 3 is 1.14 bits per heavy atom. The summed E-state index contributed by atoms with van der Waals surface area (Å²) in [6.45, 7) is 10.9. The molecule has 65 heavy (non-hydrogen) atoms. The van der Waals surface area contributed by atoms with Gasteiger partial charge in [-0.3, -0.25) is 0 Å². The van der Waals surface area contributed by atoms with Gasteiger partial charge in [-0.05, 0) is 107 Å². The first-order valence-corrected chi connectivity index (χ1v) is 21.7. The van der Waals surface area contributed by atoms with Gasteiger partial charge in [0.15, 0.2) is 0 Å². The molecule has 0 unspecified atom stereocenters. The molecule has 7 rings (SSSR count). The molecule has 0 saturated carbocycles. The highest BCUT2D eigenvalue weighted by atomic mass is 79.9. The smallest absolute Gasteiger partial charge is 0.410 e. The van der Waals surface area contributed by atoms with Crippen LogP contribution < -0.4 is 33.6 Å². The fraction of sp³-hybridized carbons (Fsp3) is 0.340. The van der Waals surface area contributed by atoms with Crippen LogP contribution in [0.25, 0.3) is 0 Å². The van der Waals surface area contributed by atoms with Crippen LogP contribution in [0.2, 0.25) is 0 Å². The van der Waals surface area contributed by atoms with E-state index in [0.29, 0.717) is 64.3 Å². The second-order valence-corrected chi connectivity index (χ2v) is 16.9. The third-order valence-electron chi connectivity index (χ3n) is 10.2. The Hall–Kier alpha value is -6.61. The Balaban J connectivity index is 0.000000257. The molecule has 14 nitrogen and oxygen atoms in total. The van der Waals surface area contributed by atoms with Crippen molar-refractivity contribution in [2.24, 2.45) is 0 Å². The van der Waals surface area contributed by atoms with Crippen molar-refractivity contribution in [1.29, 1.82) is 0 Å². The van der Waals surface area contributed by atoms with Gasteiger partial charge in [0.25, 0.3) is 0 Å². The molecule has 0 atom stereocenters. The molecule has 2 aromatic heterocycles. The molecule has 0 N–H and O–H groups in total. The molecule has 6 aromatic rings. The third-order valence-corrected chi connectivity index (χ3v) is 10.6. The number of ether oxygens (including phenoxy) is 5. The first-order chi connectivity index (χ1) is 30.9. The van der Waals surface area contributed by atoms with Crippen molar-refractivity contribution < 1.29 is 28.5 Å². The lowest BCUT2D eigenvalue weighted by molar-refractivity contribution is 0.0240. The van der Waals surface area contributed by atoms with Crippen LogP contribution in [0, 0.1) is 0 Å². The second kappa shape index (κ2) is 23.9. The summed E-state index contributed by atoms with van der Waals surface area (Å²) in [6.07, 6.45) is 6.98. The molecule has 15 heteroatoms. The van der Waals surface area contributed by atoms with Crippen molar-refractivity contribution in [3.8, 4) is 23.0 Å². The van der Waals surface area contributed by atoms with Crippen LogP contribution in [0.4, 0.5) is 22.4 Å². The number of benzene rings is 4. The van der Waals surface area contributed by atoms with E-state index in [-0.39, 0.29) is 13.5 Å². The zero-order valence-electron chi connectivity index (χ0n) is 37.6. The molecule has 1 saturated heterocycles. The number of rotatable bonds is 15. The Morgan fingerprint density at radius 2 is 0.846 bits per heavy atom. The van der Waals surface area contributed by atoms with E-state index in [9.17, 15) is 4.79 Å². The maximum Gasteiger partial charge on any atom is 0.410 e. The molecular formula is C50H61BrN8O6. The molecule has 4 aromatic carbocycles. The predicted molar refractivity (Wildman–Crippen MR) is 260 cm³/mol. The van der Waals surface area contributed by atoms with E-state index in [1.807, 2.05) is 81.7 Å². The summed E-state index contributed by atoms with van der Waals surface area (Å²) in [5.41, 5.74) is 5.01. The van der Waals surface area contributed by atoms with Crippen LogP contribution in [-0.4, -0.2) is 91.1 Å². The Kier molecular flexibility index (Phi) is 18.2. The largest absolute Gasteiger partial charge is 0.497 e. The van der Waals surface area contributed by atoms with Gasteiger partial charge in [-0.1, -0.05) is 56.0 Å². The first kappa shape index (κ1) is 49.4. The molecular weight excluding hydrogens is 889 g/mol. The highest BCUT2D eigenvalue weighted by Gasteiger charge is 2.26.